The third-order valence-corrected chi connectivity index (χ3v) is 5.06. The summed E-state index contributed by atoms with van der Waals surface area (Å²) in [6.07, 6.45) is 0. The number of hydrogen-bond donors (Lipinski definition) is 1. The molecule has 0 aliphatic heterocycles. The third-order valence-electron chi connectivity index (χ3n) is 4.13. The molecule has 2 rings (SSSR count). The van der Waals surface area contributed by atoms with Crippen molar-refractivity contribution in [3.8, 4) is 17.2 Å². The Kier molecular flexibility index (Phi) is 7.46. The van der Waals surface area contributed by atoms with Crippen LogP contribution < -0.4 is 19.3 Å². The fourth-order valence-electron chi connectivity index (χ4n) is 2.60. The normalized spacial score (nSPS) is 11.4. The summed E-state index contributed by atoms with van der Waals surface area (Å²) in [7, 11) is -0.453. The minimum Gasteiger partial charge on any atom is -0.493 e. The maximum Gasteiger partial charge on any atom is 0.238 e. The first-order chi connectivity index (χ1) is 12.9. The van der Waals surface area contributed by atoms with E-state index >= 15 is 0 Å². The van der Waals surface area contributed by atoms with E-state index in [1.165, 1.54) is 12.1 Å². The van der Waals surface area contributed by atoms with Crippen LogP contribution in [0.4, 0.5) is 0 Å². The molecule has 0 heterocycles. The summed E-state index contributed by atoms with van der Waals surface area (Å²) in [5.74, 6) is 2.01. The SMILES string of the molecule is CCN(CCOc1ccc(S(N)(=O)=O)cc1)Cc1ccc(OC)c(OC)c1. The van der Waals surface area contributed by atoms with Crippen molar-refractivity contribution in [2.45, 2.75) is 18.4 Å². The van der Waals surface area contributed by atoms with Gasteiger partial charge in [0.15, 0.2) is 11.5 Å². The smallest absolute Gasteiger partial charge is 0.238 e. The van der Waals surface area contributed by atoms with Gasteiger partial charge in [-0.2, -0.15) is 0 Å². The first kappa shape index (κ1) is 21.0. The van der Waals surface area contributed by atoms with E-state index < -0.39 is 10.0 Å². The van der Waals surface area contributed by atoms with E-state index in [9.17, 15) is 8.42 Å². The second-order valence-electron chi connectivity index (χ2n) is 5.92. The largest absolute Gasteiger partial charge is 0.493 e. The van der Waals surface area contributed by atoms with Crippen LogP contribution in [-0.4, -0.2) is 47.2 Å². The van der Waals surface area contributed by atoms with Gasteiger partial charge in [-0.25, -0.2) is 13.6 Å². The van der Waals surface area contributed by atoms with Gasteiger partial charge in [-0.1, -0.05) is 13.0 Å². The summed E-state index contributed by atoms with van der Waals surface area (Å²) in [6, 6.07) is 11.9. The molecule has 0 radical (unpaired) electrons. The highest BCUT2D eigenvalue weighted by Gasteiger charge is 2.10. The Labute approximate surface area is 160 Å². The molecule has 2 N–H and O–H groups in total. The highest BCUT2D eigenvalue weighted by molar-refractivity contribution is 7.89. The Morgan fingerprint density at radius 3 is 2.22 bits per heavy atom. The molecule has 0 aliphatic rings. The molecule has 27 heavy (non-hydrogen) atoms. The van der Waals surface area contributed by atoms with Gasteiger partial charge in [-0.3, -0.25) is 4.90 Å². The van der Waals surface area contributed by atoms with Gasteiger partial charge in [-0.05, 0) is 48.5 Å². The molecule has 0 amide bonds. The molecule has 148 valence electrons. The fraction of sp³-hybridized carbons (Fsp3) is 0.368. The van der Waals surface area contributed by atoms with Crippen LogP contribution in [0.15, 0.2) is 47.4 Å². The molecule has 0 unspecified atom stereocenters. The molecule has 0 saturated heterocycles. The molecule has 0 aliphatic carbocycles. The maximum atomic E-state index is 11.3. The van der Waals surface area contributed by atoms with Crippen molar-refractivity contribution in [1.29, 1.82) is 0 Å². The van der Waals surface area contributed by atoms with Gasteiger partial charge in [-0.15, -0.1) is 0 Å². The predicted molar refractivity (Wildman–Crippen MR) is 104 cm³/mol. The molecule has 7 nitrogen and oxygen atoms in total. The standard InChI is InChI=1S/C19H26N2O5S/c1-4-21(14-15-5-10-18(24-2)19(13-15)25-3)11-12-26-16-6-8-17(9-7-16)27(20,22)23/h5-10,13H,4,11-12,14H2,1-3H3,(H2,20,22,23). The Balaban J connectivity index is 1.90. The number of primary sulfonamides is 1. The maximum absolute atomic E-state index is 11.3. The fourth-order valence-corrected chi connectivity index (χ4v) is 3.12. The molecule has 0 atom stereocenters. The minimum absolute atomic E-state index is 0.0680. The van der Waals surface area contributed by atoms with E-state index in [1.807, 2.05) is 18.2 Å². The number of rotatable bonds is 10. The number of hydrogen-bond acceptors (Lipinski definition) is 6. The third kappa shape index (κ3) is 6.13. The molecule has 2 aromatic carbocycles. The number of nitrogens with two attached hydrogens (primary N) is 1. The monoisotopic (exact) mass is 394 g/mol. The van der Waals surface area contributed by atoms with Gasteiger partial charge in [0.2, 0.25) is 10.0 Å². The topological polar surface area (TPSA) is 91.1 Å². The molecule has 0 aromatic heterocycles. The van der Waals surface area contributed by atoms with Crippen molar-refractivity contribution in [2.75, 3.05) is 33.9 Å². The van der Waals surface area contributed by atoms with E-state index in [4.69, 9.17) is 19.3 Å². The number of nitrogens with zero attached hydrogens (tertiary/aromatic N) is 1. The average molecular weight is 394 g/mol. The quantitative estimate of drug-likeness (QED) is 0.665. The number of sulfonamides is 1. The number of ether oxygens (including phenoxy) is 3. The summed E-state index contributed by atoms with van der Waals surface area (Å²) in [6.45, 7) is 4.91. The molecule has 0 fully saturated rings. The zero-order valence-corrected chi connectivity index (χ0v) is 16.7. The van der Waals surface area contributed by atoms with Crippen LogP contribution in [0.5, 0.6) is 17.2 Å². The first-order valence-corrected chi connectivity index (χ1v) is 10.1. The predicted octanol–water partition coefficient (Wildman–Crippen LogP) is 2.25. The number of benzene rings is 2. The molecule has 8 heteroatoms. The molecular weight excluding hydrogens is 368 g/mol. The highest BCUT2D eigenvalue weighted by atomic mass is 32.2. The average Bonchev–Trinajstić information content (AvgIpc) is 2.66. The van der Waals surface area contributed by atoms with Crippen LogP contribution in [0.2, 0.25) is 0 Å². The number of methoxy groups -OCH3 is 2. The van der Waals surface area contributed by atoms with Crippen molar-refractivity contribution in [1.82, 2.24) is 4.90 Å². The van der Waals surface area contributed by atoms with Crippen molar-refractivity contribution >= 4 is 10.0 Å². The summed E-state index contributed by atoms with van der Waals surface area (Å²) in [5.41, 5.74) is 1.12. The van der Waals surface area contributed by atoms with Crippen LogP contribution in [0.25, 0.3) is 0 Å². The summed E-state index contributed by atoms with van der Waals surface area (Å²) in [4.78, 5) is 2.30. The van der Waals surface area contributed by atoms with Crippen molar-refractivity contribution in [3.05, 3.63) is 48.0 Å². The van der Waals surface area contributed by atoms with Crippen molar-refractivity contribution in [3.63, 3.8) is 0 Å². The number of likely N-dealkylation sites (N-methyl/N-ethyl adjacent to an activating group) is 1. The lowest BCUT2D eigenvalue weighted by molar-refractivity contribution is 0.209. The van der Waals surface area contributed by atoms with Gasteiger partial charge in [0.1, 0.15) is 12.4 Å². The van der Waals surface area contributed by atoms with Gasteiger partial charge in [0.25, 0.3) is 0 Å². The van der Waals surface area contributed by atoms with E-state index in [-0.39, 0.29) is 4.90 Å². The molecule has 2 aromatic rings. The van der Waals surface area contributed by atoms with E-state index in [2.05, 4.69) is 11.8 Å². The van der Waals surface area contributed by atoms with E-state index in [0.717, 1.165) is 25.2 Å². The molecule has 0 spiro atoms. The second kappa shape index (κ2) is 9.59. The first-order valence-electron chi connectivity index (χ1n) is 8.56. The lowest BCUT2D eigenvalue weighted by Crippen LogP contribution is -2.27. The summed E-state index contributed by atoms with van der Waals surface area (Å²) >= 11 is 0. The van der Waals surface area contributed by atoms with E-state index in [1.54, 1.807) is 26.4 Å². The van der Waals surface area contributed by atoms with Crippen LogP contribution >= 0.6 is 0 Å². The Hall–Kier alpha value is -2.29. The van der Waals surface area contributed by atoms with Crippen molar-refractivity contribution < 1.29 is 22.6 Å². The summed E-state index contributed by atoms with van der Waals surface area (Å²) < 4.78 is 38.8. The molecular formula is C19H26N2O5S. The van der Waals surface area contributed by atoms with Crippen LogP contribution in [0.3, 0.4) is 0 Å². The van der Waals surface area contributed by atoms with Crippen LogP contribution in [-0.2, 0) is 16.6 Å². The minimum atomic E-state index is -3.69. The Morgan fingerprint density at radius 1 is 1.00 bits per heavy atom. The zero-order chi connectivity index (χ0) is 19.9. The molecule has 0 saturated carbocycles. The van der Waals surface area contributed by atoms with Gasteiger partial charge >= 0.3 is 0 Å². The summed E-state index contributed by atoms with van der Waals surface area (Å²) in [5, 5.41) is 5.08. The van der Waals surface area contributed by atoms with Gasteiger partial charge < -0.3 is 14.2 Å². The Bertz CT molecular complexity index is 838. The zero-order valence-electron chi connectivity index (χ0n) is 15.8. The Morgan fingerprint density at radius 2 is 1.67 bits per heavy atom. The van der Waals surface area contributed by atoms with Crippen LogP contribution in [0, 0.1) is 0 Å². The second-order valence-corrected chi connectivity index (χ2v) is 7.48. The van der Waals surface area contributed by atoms with Gasteiger partial charge in [0.05, 0.1) is 19.1 Å². The van der Waals surface area contributed by atoms with Crippen molar-refractivity contribution in [2.24, 2.45) is 5.14 Å². The van der Waals surface area contributed by atoms with Gasteiger partial charge in [0, 0.05) is 13.1 Å². The van der Waals surface area contributed by atoms with Crippen LogP contribution in [0.1, 0.15) is 12.5 Å². The molecule has 0 bridgehead atoms. The highest BCUT2D eigenvalue weighted by Crippen LogP contribution is 2.28. The lowest BCUT2D eigenvalue weighted by Gasteiger charge is -2.21. The van der Waals surface area contributed by atoms with E-state index in [0.29, 0.717) is 23.9 Å². The lowest BCUT2D eigenvalue weighted by atomic mass is 10.2.